The number of hydrogen-bond donors (Lipinski definition) is 1. The molecule has 2 rings (SSSR count). The zero-order valence-electron chi connectivity index (χ0n) is 14.4. The summed E-state index contributed by atoms with van der Waals surface area (Å²) in [5.74, 6) is 0.692. The lowest BCUT2D eigenvalue weighted by Gasteiger charge is -2.32. The number of benzene rings is 1. The molecule has 0 radical (unpaired) electrons. The van der Waals surface area contributed by atoms with E-state index < -0.39 is 0 Å². The first-order valence-corrected chi connectivity index (χ1v) is 8.91. The number of carbonyl (C=O) groups is 1. The van der Waals surface area contributed by atoms with E-state index in [1.54, 1.807) is 12.1 Å². The molecule has 1 aromatic carbocycles. The second-order valence-electron chi connectivity index (χ2n) is 6.61. The van der Waals surface area contributed by atoms with E-state index >= 15 is 0 Å². The highest BCUT2D eigenvalue weighted by molar-refractivity contribution is 5.85. The molecule has 0 bridgehead atoms. The van der Waals surface area contributed by atoms with Crippen LogP contribution in [-0.2, 0) is 11.2 Å². The Kier molecular flexibility index (Phi) is 9.96. The summed E-state index contributed by atoms with van der Waals surface area (Å²) < 4.78 is 13.2. The molecular weight excluding hydrogens is 327 g/mol. The van der Waals surface area contributed by atoms with Crippen molar-refractivity contribution in [1.29, 1.82) is 0 Å². The summed E-state index contributed by atoms with van der Waals surface area (Å²) in [6.45, 7) is 2.44. The van der Waals surface area contributed by atoms with Crippen molar-refractivity contribution in [2.45, 2.75) is 51.4 Å². The molecule has 1 amide bonds. The average molecular weight is 357 g/mol. The number of halogens is 2. The van der Waals surface area contributed by atoms with Gasteiger partial charge in [-0.15, -0.1) is 12.4 Å². The maximum atomic E-state index is 13.2. The quantitative estimate of drug-likeness (QED) is 0.717. The predicted octanol–water partition coefficient (Wildman–Crippen LogP) is 3.94. The molecule has 1 heterocycles. The molecule has 0 unspecified atom stereocenters. The lowest BCUT2D eigenvalue weighted by Crippen LogP contribution is -2.38. The predicted molar refractivity (Wildman–Crippen MR) is 98.8 cm³/mol. The summed E-state index contributed by atoms with van der Waals surface area (Å²) in [5.41, 5.74) is 6.53. The second kappa shape index (κ2) is 11.4. The van der Waals surface area contributed by atoms with Crippen LogP contribution in [-0.4, -0.2) is 30.4 Å². The van der Waals surface area contributed by atoms with Gasteiger partial charge in [-0.1, -0.05) is 25.0 Å². The lowest BCUT2D eigenvalue weighted by atomic mass is 9.90. The Bertz CT molecular complexity index is 490. The SMILES string of the molecule is Cl.NCCCCCCC(=O)N1CCC(Cc2cccc(F)c2)CC1. The first-order chi connectivity index (χ1) is 11.2. The Morgan fingerprint density at radius 1 is 1.17 bits per heavy atom. The number of piperidine rings is 1. The molecule has 2 N–H and O–H groups in total. The molecule has 1 fully saturated rings. The average Bonchev–Trinajstić information content (AvgIpc) is 2.55. The van der Waals surface area contributed by atoms with Crippen LogP contribution in [0.5, 0.6) is 0 Å². The number of carbonyl (C=O) groups excluding carboxylic acids is 1. The molecule has 1 aliphatic heterocycles. The standard InChI is InChI=1S/C19H29FN2O.ClH/c20-18-7-5-6-17(15-18)14-16-9-12-22(13-10-16)19(23)8-3-1-2-4-11-21;/h5-7,15-16H,1-4,8-14,21H2;1H. The third-order valence-electron chi connectivity index (χ3n) is 4.73. The molecule has 0 aromatic heterocycles. The van der Waals surface area contributed by atoms with Crippen molar-refractivity contribution in [3.63, 3.8) is 0 Å². The third kappa shape index (κ3) is 7.18. The van der Waals surface area contributed by atoms with Crippen LogP contribution in [0.25, 0.3) is 0 Å². The van der Waals surface area contributed by atoms with Crippen molar-refractivity contribution in [3.05, 3.63) is 35.6 Å². The monoisotopic (exact) mass is 356 g/mol. The van der Waals surface area contributed by atoms with E-state index in [0.29, 0.717) is 18.2 Å². The van der Waals surface area contributed by atoms with Gasteiger partial charge in [-0.05, 0) is 62.3 Å². The van der Waals surface area contributed by atoms with Gasteiger partial charge in [-0.25, -0.2) is 4.39 Å². The Labute approximate surface area is 151 Å². The van der Waals surface area contributed by atoms with Crippen LogP contribution >= 0.6 is 12.4 Å². The summed E-state index contributed by atoms with van der Waals surface area (Å²) in [6.07, 6.45) is 7.88. The van der Waals surface area contributed by atoms with Gasteiger partial charge in [0, 0.05) is 19.5 Å². The number of rotatable bonds is 8. The van der Waals surface area contributed by atoms with Gasteiger partial charge in [0.25, 0.3) is 0 Å². The molecule has 1 aromatic rings. The van der Waals surface area contributed by atoms with E-state index in [4.69, 9.17) is 5.73 Å². The van der Waals surface area contributed by atoms with Gasteiger partial charge < -0.3 is 10.6 Å². The van der Waals surface area contributed by atoms with E-state index in [2.05, 4.69) is 0 Å². The minimum absolute atomic E-state index is 0. The van der Waals surface area contributed by atoms with Crippen LogP contribution in [0.1, 0.15) is 50.5 Å². The minimum atomic E-state index is -0.162. The molecular formula is C19H30ClFN2O. The molecule has 0 saturated carbocycles. The van der Waals surface area contributed by atoms with E-state index in [1.807, 2.05) is 11.0 Å². The fourth-order valence-corrected chi connectivity index (χ4v) is 3.32. The molecule has 24 heavy (non-hydrogen) atoms. The normalized spacial score (nSPS) is 15.2. The second-order valence-corrected chi connectivity index (χ2v) is 6.61. The first-order valence-electron chi connectivity index (χ1n) is 8.91. The van der Waals surface area contributed by atoms with E-state index in [0.717, 1.165) is 70.1 Å². The molecule has 136 valence electrons. The highest BCUT2D eigenvalue weighted by atomic mass is 35.5. The Morgan fingerprint density at radius 2 is 1.88 bits per heavy atom. The number of nitrogens with zero attached hydrogens (tertiary/aromatic N) is 1. The molecule has 0 spiro atoms. The van der Waals surface area contributed by atoms with Gasteiger partial charge in [0.15, 0.2) is 0 Å². The smallest absolute Gasteiger partial charge is 0.222 e. The van der Waals surface area contributed by atoms with Crippen LogP contribution in [0.2, 0.25) is 0 Å². The van der Waals surface area contributed by atoms with Gasteiger partial charge in [-0.3, -0.25) is 4.79 Å². The molecule has 1 saturated heterocycles. The van der Waals surface area contributed by atoms with Crippen LogP contribution in [0.3, 0.4) is 0 Å². The fraction of sp³-hybridized carbons (Fsp3) is 0.632. The van der Waals surface area contributed by atoms with Gasteiger partial charge in [0.1, 0.15) is 5.82 Å². The third-order valence-corrected chi connectivity index (χ3v) is 4.73. The van der Waals surface area contributed by atoms with Gasteiger partial charge in [0.2, 0.25) is 5.91 Å². The van der Waals surface area contributed by atoms with Crippen molar-refractivity contribution >= 4 is 18.3 Å². The zero-order chi connectivity index (χ0) is 16.5. The Hall–Kier alpha value is -1.13. The molecule has 5 heteroatoms. The van der Waals surface area contributed by atoms with Crippen molar-refractivity contribution in [2.24, 2.45) is 11.7 Å². The van der Waals surface area contributed by atoms with E-state index in [-0.39, 0.29) is 18.2 Å². The number of amides is 1. The summed E-state index contributed by atoms with van der Waals surface area (Å²) >= 11 is 0. The number of unbranched alkanes of at least 4 members (excludes halogenated alkanes) is 3. The number of hydrogen-bond acceptors (Lipinski definition) is 2. The van der Waals surface area contributed by atoms with Crippen molar-refractivity contribution < 1.29 is 9.18 Å². The van der Waals surface area contributed by atoms with Crippen LogP contribution in [0, 0.1) is 11.7 Å². The van der Waals surface area contributed by atoms with Crippen LogP contribution in [0.15, 0.2) is 24.3 Å². The largest absolute Gasteiger partial charge is 0.343 e. The van der Waals surface area contributed by atoms with Crippen molar-refractivity contribution in [2.75, 3.05) is 19.6 Å². The summed E-state index contributed by atoms with van der Waals surface area (Å²) in [4.78, 5) is 14.2. The molecule has 3 nitrogen and oxygen atoms in total. The minimum Gasteiger partial charge on any atom is -0.343 e. The lowest BCUT2D eigenvalue weighted by molar-refractivity contribution is -0.132. The van der Waals surface area contributed by atoms with Gasteiger partial charge in [-0.2, -0.15) is 0 Å². The maximum Gasteiger partial charge on any atom is 0.222 e. The van der Waals surface area contributed by atoms with Gasteiger partial charge >= 0.3 is 0 Å². The number of likely N-dealkylation sites (tertiary alicyclic amines) is 1. The summed E-state index contributed by atoms with van der Waals surface area (Å²) in [7, 11) is 0. The molecule has 0 aliphatic carbocycles. The number of nitrogens with two attached hydrogens (primary N) is 1. The van der Waals surface area contributed by atoms with Gasteiger partial charge in [0.05, 0.1) is 0 Å². The van der Waals surface area contributed by atoms with E-state index in [1.165, 1.54) is 6.07 Å². The van der Waals surface area contributed by atoms with E-state index in [9.17, 15) is 9.18 Å². The summed E-state index contributed by atoms with van der Waals surface area (Å²) in [6, 6.07) is 6.87. The maximum absolute atomic E-state index is 13.2. The Balaban J connectivity index is 0.00000288. The van der Waals surface area contributed by atoms with Crippen molar-refractivity contribution in [1.82, 2.24) is 4.90 Å². The topological polar surface area (TPSA) is 46.3 Å². The highest BCUT2D eigenvalue weighted by Crippen LogP contribution is 2.22. The fourth-order valence-electron chi connectivity index (χ4n) is 3.32. The molecule has 1 aliphatic rings. The van der Waals surface area contributed by atoms with Crippen LogP contribution < -0.4 is 5.73 Å². The molecule has 0 atom stereocenters. The van der Waals surface area contributed by atoms with Crippen molar-refractivity contribution in [3.8, 4) is 0 Å². The Morgan fingerprint density at radius 3 is 2.54 bits per heavy atom. The zero-order valence-corrected chi connectivity index (χ0v) is 15.2. The summed E-state index contributed by atoms with van der Waals surface area (Å²) in [5, 5.41) is 0. The highest BCUT2D eigenvalue weighted by Gasteiger charge is 2.22. The van der Waals surface area contributed by atoms with Crippen LogP contribution in [0.4, 0.5) is 4.39 Å². The first kappa shape index (κ1) is 20.9.